The molecule has 1 heterocycles. The van der Waals surface area contributed by atoms with Crippen molar-refractivity contribution < 1.29 is 9.53 Å². The van der Waals surface area contributed by atoms with Gasteiger partial charge < -0.3 is 4.74 Å². The van der Waals surface area contributed by atoms with Gasteiger partial charge in [0.15, 0.2) is 5.69 Å². The first kappa shape index (κ1) is 10.9. The molecular weight excluding hydrogens is 204 g/mol. The number of nitrogens with one attached hydrogen (secondary N) is 1. The van der Waals surface area contributed by atoms with Gasteiger partial charge in [0.05, 0.1) is 6.61 Å². The zero-order valence-corrected chi connectivity index (χ0v) is 9.40. The minimum absolute atomic E-state index is 0.351. The lowest BCUT2D eigenvalue weighted by atomic mass is 9.91. The Bertz CT molecular complexity index is 395. The third-order valence-electron chi connectivity index (χ3n) is 2.79. The lowest BCUT2D eigenvalue weighted by molar-refractivity contribution is 0.0519. The minimum atomic E-state index is -0.351. The number of rotatable bonds is 3. The second kappa shape index (κ2) is 4.96. The first-order valence-electron chi connectivity index (χ1n) is 5.68. The zero-order valence-electron chi connectivity index (χ0n) is 9.40. The van der Waals surface area contributed by atoms with Gasteiger partial charge in [0.25, 0.3) is 0 Å². The predicted molar refractivity (Wildman–Crippen MR) is 60.3 cm³/mol. The maximum atomic E-state index is 11.4. The summed E-state index contributed by atoms with van der Waals surface area (Å²) in [5.41, 5.74) is 1.42. The smallest absolute Gasteiger partial charge is 0.358 e. The van der Waals surface area contributed by atoms with Crippen molar-refractivity contribution in [1.82, 2.24) is 10.2 Å². The van der Waals surface area contributed by atoms with Crippen molar-refractivity contribution in [3.63, 3.8) is 0 Å². The normalized spacial score (nSPS) is 19.7. The van der Waals surface area contributed by atoms with Gasteiger partial charge in [-0.15, -0.1) is 0 Å². The van der Waals surface area contributed by atoms with Crippen LogP contribution in [-0.4, -0.2) is 22.8 Å². The highest BCUT2D eigenvalue weighted by Crippen LogP contribution is 2.27. The van der Waals surface area contributed by atoms with Crippen LogP contribution in [0.1, 0.15) is 48.3 Å². The average Bonchev–Trinajstić information content (AvgIpc) is 2.80. The van der Waals surface area contributed by atoms with E-state index in [2.05, 4.69) is 22.3 Å². The van der Waals surface area contributed by atoms with E-state index >= 15 is 0 Å². The lowest BCUT2D eigenvalue weighted by Crippen LogP contribution is -2.04. The van der Waals surface area contributed by atoms with Crippen LogP contribution in [0.3, 0.4) is 0 Å². The number of hydrogen-bond donors (Lipinski definition) is 1. The molecule has 1 aliphatic rings. The number of H-pyrrole nitrogens is 1. The Morgan fingerprint density at radius 2 is 2.50 bits per heavy atom. The van der Waals surface area contributed by atoms with Gasteiger partial charge in [0, 0.05) is 11.6 Å². The quantitative estimate of drug-likeness (QED) is 0.628. The summed E-state index contributed by atoms with van der Waals surface area (Å²) in [5, 5.41) is 6.92. The molecule has 2 rings (SSSR count). The molecule has 0 fully saturated rings. The summed E-state index contributed by atoms with van der Waals surface area (Å²) in [7, 11) is 0. The van der Waals surface area contributed by atoms with Crippen LogP contribution in [0.4, 0.5) is 0 Å². The van der Waals surface area contributed by atoms with Gasteiger partial charge in [-0.3, -0.25) is 5.10 Å². The molecule has 0 bridgehead atoms. The first-order valence-corrected chi connectivity index (χ1v) is 5.68. The summed E-state index contributed by atoms with van der Waals surface area (Å²) in [4.78, 5) is 11.4. The largest absolute Gasteiger partial charge is 0.461 e. The lowest BCUT2D eigenvalue weighted by Gasteiger charge is -2.15. The Hall–Kier alpha value is -1.58. The first-order chi connectivity index (χ1) is 7.81. The summed E-state index contributed by atoms with van der Waals surface area (Å²) >= 11 is 0. The fourth-order valence-electron chi connectivity index (χ4n) is 1.93. The van der Waals surface area contributed by atoms with Crippen molar-refractivity contribution >= 4 is 5.97 Å². The number of aromatic amines is 1. The number of carbonyl (C=O) groups excluding carboxylic acids is 1. The predicted octanol–water partition coefficient (Wildman–Crippen LogP) is 2.41. The molecule has 1 N–H and O–H groups in total. The van der Waals surface area contributed by atoms with E-state index in [1.807, 2.05) is 6.07 Å². The molecule has 0 amide bonds. The summed E-state index contributed by atoms with van der Waals surface area (Å²) in [6, 6.07) is 1.81. The molecule has 0 aliphatic heterocycles. The highest BCUT2D eigenvalue weighted by molar-refractivity contribution is 5.87. The monoisotopic (exact) mass is 220 g/mol. The van der Waals surface area contributed by atoms with E-state index in [1.165, 1.54) is 0 Å². The number of carbonyl (C=O) groups is 1. The van der Waals surface area contributed by atoms with E-state index in [0.29, 0.717) is 18.2 Å². The maximum absolute atomic E-state index is 11.4. The Balaban J connectivity index is 2.06. The Morgan fingerprint density at radius 3 is 3.19 bits per heavy atom. The van der Waals surface area contributed by atoms with E-state index in [1.54, 1.807) is 6.92 Å². The van der Waals surface area contributed by atoms with E-state index < -0.39 is 0 Å². The maximum Gasteiger partial charge on any atom is 0.358 e. The molecule has 1 aromatic heterocycles. The Kier molecular flexibility index (Phi) is 3.39. The average molecular weight is 220 g/mol. The molecule has 86 valence electrons. The fourth-order valence-corrected chi connectivity index (χ4v) is 1.93. The van der Waals surface area contributed by atoms with Crippen molar-refractivity contribution in [2.75, 3.05) is 6.61 Å². The van der Waals surface area contributed by atoms with Crippen molar-refractivity contribution in [1.29, 1.82) is 0 Å². The van der Waals surface area contributed by atoms with Crippen LogP contribution in [-0.2, 0) is 4.74 Å². The molecule has 16 heavy (non-hydrogen) atoms. The summed E-state index contributed by atoms with van der Waals surface area (Å²) < 4.78 is 4.89. The summed E-state index contributed by atoms with van der Waals surface area (Å²) in [6.07, 6.45) is 7.60. The van der Waals surface area contributed by atoms with Crippen LogP contribution in [0.2, 0.25) is 0 Å². The number of ether oxygens (including phenoxy) is 1. The highest BCUT2D eigenvalue weighted by Gasteiger charge is 2.18. The Morgan fingerprint density at radius 1 is 1.62 bits per heavy atom. The molecule has 1 aliphatic carbocycles. The summed E-state index contributed by atoms with van der Waals surface area (Å²) in [6.45, 7) is 2.17. The van der Waals surface area contributed by atoms with Gasteiger partial charge in [-0.25, -0.2) is 4.79 Å². The minimum Gasteiger partial charge on any atom is -0.461 e. The van der Waals surface area contributed by atoms with Crippen LogP contribution < -0.4 is 0 Å². The van der Waals surface area contributed by atoms with Crippen molar-refractivity contribution in [3.05, 3.63) is 29.6 Å². The van der Waals surface area contributed by atoms with E-state index in [0.717, 1.165) is 25.0 Å². The van der Waals surface area contributed by atoms with Crippen LogP contribution in [0, 0.1) is 0 Å². The number of aromatic nitrogens is 2. The fraction of sp³-hybridized carbons (Fsp3) is 0.500. The molecule has 0 saturated carbocycles. The molecule has 0 aromatic carbocycles. The second-order valence-electron chi connectivity index (χ2n) is 3.91. The van der Waals surface area contributed by atoms with E-state index in [9.17, 15) is 4.79 Å². The standard InChI is InChI=1S/C12H16N2O2/c1-2-16-12(15)11-8-10(13-14-11)9-6-4-3-5-7-9/h3-4,8-9H,2,5-7H2,1H3,(H,13,14). The van der Waals surface area contributed by atoms with E-state index in [4.69, 9.17) is 4.74 Å². The van der Waals surface area contributed by atoms with Gasteiger partial charge in [0.1, 0.15) is 0 Å². The molecule has 0 saturated heterocycles. The van der Waals surface area contributed by atoms with Gasteiger partial charge in [-0.2, -0.15) is 5.10 Å². The molecular formula is C12H16N2O2. The Labute approximate surface area is 94.7 Å². The van der Waals surface area contributed by atoms with E-state index in [-0.39, 0.29) is 5.97 Å². The molecule has 1 atom stereocenters. The number of allylic oxidation sites excluding steroid dienone is 2. The molecule has 4 heteroatoms. The second-order valence-corrected chi connectivity index (χ2v) is 3.91. The van der Waals surface area contributed by atoms with Crippen molar-refractivity contribution in [3.8, 4) is 0 Å². The van der Waals surface area contributed by atoms with Crippen LogP contribution in [0.15, 0.2) is 18.2 Å². The van der Waals surface area contributed by atoms with Crippen LogP contribution in [0.5, 0.6) is 0 Å². The van der Waals surface area contributed by atoms with Gasteiger partial charge in [0.2, 0.25) is 0 Å². The van der Waals surface area contributed by atoms with Crippen LogP contribution >= 0.6 is 0 Å². The van der Waals surface area contributed by atoms with Crippen molar-refractivity contribution in [2.45, 2.75) is 32.1 Å². The number of hydrogen-bond acceptors (Lipinski definition) is 3. The SMILES string of the molecule is CCOC(=O)c1cc(C2CC=CCC2)[nH]n1. The summed E-state index contributed by atoms with van der Waals surface area (Å²) in [5.74, 6) is 0.108. The van der Waals surface area contributed by atoms with Crippen molar-refractivity contribution in [2.24, 2.45) is 0 Å². The van der Waals surface area contributed by atoms with Gasteiger partial charge in [-0.1, -0.05) is 12.2 Å². The topological polar surface area (TPSA) is 55.0 Å². The highest BCUT2D eigenvalue weighted by atomic mass is 16.5. The molecule has 1 unspecified atom stereocenters. The number of esters is 1. The third kappa shape index (κ3) is 2.32. The molecule has 4 nitrogen and oxygen atoms in total. The zero-order chi connectivity index (χ0) is 11.4. The third-order valence-corrected chi connectivity index (χ3v) is 2.79. The molecule has 0 spiro atoms. The number of nitrogens with zero attached hydrogens (tertiary/aromatic N) is 1. The van der Waals surface area contributed by atoms with Gasteiger partial charge in [-0.05, 0) is 32.3 Å². The molecule has 0 radical (unpaired) electrons. The molecule has 1 aromatic rings. The van der Waals surface area contributed by atoms with Gasteiger partial charge >= 0.3 is 5.97 Å². The van der Waals surface area contributed by atoms with Crippen LogP contribution in [0.25, 0.3) is 0 Å².